The first-order valence-electron chi connectivity index (χ1n) is 15.6. The Morgan fingerprint density at radius 2 is 1.65 bits per heavy atom. The molecule has 2 aliphatic heterocycles. The van der Waals surface area contributed by atoms with E-state index in [4.69, 9.17) is 23.2 Å². The monoisotopic (exact) mass is 685 g/mol. The first kappa shape index (κ1) is 34.3. The third-order valence-corrected chi connectivity index (χ3v) is 10.8. The van der Waals surface area contributed by atoms with Crippen LogP contribution in [-0.4, -0.2) is 85.9 Å². The van der Waals surface area contributed by atoms with Crippen molar-refractivity contribution in [2.24, 2.45) is 0 Å². The zero-order valence-electron chi connectivity index (χ0n) is 26.2. The van der Waals surface area contributed by atoms with Crippen LogP contribution in [0, 0.1) is 0 Å². The molecule has 46 heavy (non-hydrogen) atoms. The molecule has 0 aliphatic carbocycles. The molecule has 0 aromatic heterocycles. The van der Waals surface area contributed by atoms with Gasteiger partial charge in [-0.25, -0.2) is 12.7 Å². The molecule has 2 aliphatic rings. The second kappa shape index (κ2) is 15.3. The molecule has 1 fully saturated rings. The number of hydrogen-bond donors (Lipinski definition) is 2. The largest absolute Gasteiger partial charge is 0.344 e. The minimum absolute atomic E-state index is 0.109. The zero-order chi connectivity index (χ0) is 32.8. The normalized spacial score (nSPS) is 18.3. The van der Waals surface area contributed by atoms with Crippen LogP contribution in [-0.2, 0) is 32.6 Å². The second-order valence-corrected chi connectivity index (χ2v) is 14.7. The van der Waals surface area contributed by atoms with Crippen molar-refractivity contribution in [2.75, 3.05) is 45.5 Å². The first-order chi connectivity index (χ1) is 22.0. The third-order valence-electron chi connectivity index (χ3n) is 8.87. The fourth-order valence-electron chi connectivity index (χ4n) is 6.38. The van der Waals surface area contributed by atoms with E-state index in [1.807, 2.05) is 61.5 Å². The highest BCUT2D eigenvalue weighted by atomic mass is 35.5. The molecule has 3 aromatic rings. The number of hydrogen-bond acceptors (Lipinski definition) is 6. The quantitative estimate of drug-likeness (QED) is 0.293. The SMILES string of the molecule is CCN(CC(c1ccccc1Cl)N1CCN(C(=O)[C@@H](Cc2ccc(Cl)cc2)NC(=O)CC2NCc3ccccc32)CC1)S(C)(=O)=O. The highest BCUT2D eigenvalue weighted by Crippen LogP contribution is 2.31. The van der Waals surface area contributed by atoms with E-state index in [0.29, 0.717) is 55.7 Å². The molecule has 2 N–H and O–H groups in total. The van der Waals surface area contributed by atoms with Gasteiger partial charge in [-0.2, -0.15) is 0 Å². The van der Waals surface area contributed by atoms with Gasteiger partial charge in [0.05, 0.1) is 12.3 Å². The van der Waals surface area contributed by atoms with Crippen molar-refractivity contribution in [3.63, 3.8) is 0 Å². The number of likely N-dealkylation sites (N-methyl/N-ethyl adjacent to an activating group) is 1. The summed E-state index contributed by atoms with van der Waals surface area (Å²) in [5.41, 5.74) is 4.03. The Kier molecular flexibility index (Phi) is 11.4. The Labute approximate surface area is 281 Å². The van der Waals surface area contributed by atoms with E-state index < -0.39 is 16.1 Å². The van der Waals surface area contributed by atoms with Crippen LogP contribution in [0.15, 0.2) is 72.8 Å². The summed E-state index contributed by atoms with van der Waals surface area (Å²) in [7, 11) is -3.43. The summed E-state index contributed by atoms with van der Waals surface area (Å²) in [5.74, 6) is -0.345. The Morgan fingerprint density at radius 3 is 2.33 bits per heavy atom. The molecule has 3 aromatic carbocycles. The van der Waals surface area contributed by atoms with Crippen LogP contribution in [0.2, 0.25) is 10.0 Å². The average molecular weight is 687 g/mol. The van der Waals surface area contributed by atoms with Gasteiger partial charge in [-0.3, -0.25) is 14.5 Å². The van der Waals surface area contributed by atoms with Gasteiger partial charge in [0.2, 0.25) is 21.8 Å². The lowest BCUT2D eigenvalue weighted by molar-refractivity contribution is -0.138. The summed E-state index contributed by atoms with van der Waals surface area (Å²) in [4.78, 5) is 31.4. The fourth-order valence-corrected chi connectivity index (χ4v) is 7.65. The number of fused-ring (bicyclic) bond motifs is 1. The lowest BCUT2D eigenvalue weighted by Gasteiger charge is -2.41. The molecule has 0 radical (unpaired) electrons. The molecule has 0 bridgehead atoms. The van der Waals surface area contributed by atoms with Crippen molar-refractivity contribution < 1.29 is 18.0 Å². The van der Waals surface area contributed by atoms with Gasteiger partial charge in [-0.15, -0.1) is 0 Å². The summed E-state index contributed by atoms with van der Waals surface area (Å²) in [5, 5.41) is 7.62. The molecule has 0 saturated carbocycles. The van der Waals surface area contributed by atoms with Crippen LogP contribution in [0.4, 0.5) is 0 Å². The molecule has 1 saturated heterocycles. The Morgan fingerprint density at radius 1 is 0.978 bits per heavy atom. The van der Waals surface area contributed by atoms with Crippen molar-refractivity contribution in [2.45, 2.75) is 44.4 Å². The number of piperazine rings is 1. The van der Waals surface area contributed by atoms with Crippen molar-refractivity contribution in [1.82, 2.24) is 24.7 Å². The van der Waals surface area contributed by atoms with Gasteiger partial charge in [0.1, 0.15) is 6.04 Å². The predicted molar refractivity (Wildman–Crippen MR) is 182 cm³/mol. The van der Waals surface area contributed by atoms with Gasteiger partial charge >= 0.3 is 0 Å². The average Bonchev–Trinajstić information content (AvgIpc) is 3.44. The number of nitrogens with one attached hydrogen (secondary N) is 2. The number of rotatable bonds is 12. The van der Waals surface area contributed by atoms with Crippen LogP contribution in [0.1, 0.15) is 47.7 Å². The smallest absolute Gasteiger partial charge is 0.245 e. The molecule has 0 spiro atoms. The van der Waals surface area contributed by atoms with Gasteiger partial charge in [-0.05, 0) is 40.5 Å². The lowest BCUT2D eigenvalue weighted by Crippen LogP contribution is -2.56. The van der Waals surface area contributed by atoms with E-state index in [-0.39, 0.29) is 36.9 Å². The molecule has 2 heterocycles. The maximum absolute atomic E-state index is 14.0. The molecular formula is C34H41Cl2N5O4S. The van der Waals surface area contributed by atoms with E-state index in [9.17, 15) is 18.0 Å². The minimum Gasteiger partial charge on any atom is -0.344 e. The summed E-state index contributed by atoms with van der Waals surface area (Å²) in [6.45, 7) is 5.01. The van der Waals surface area contributed by atoms with Crippen molar-refractivity contribution >= 4 is 45.0 Å². The lowest BCUT2D eigenvalue weighted by atomic mass is 10.0. The highest BCUT2D eigenvalue weighted by Gasteiger charge is 2.34. The molecule has 3 atom stereocenters. The van der Waals surface area contributed by atoms with Gasteiger partial charge in [0.25, 0.3) is 0 Å². The Bertz CT molecular complexity index is 1630. The molecular weight excluding hydrogens is 645 g/mol. The third kappa shape index (κ3) is 8.48. The molecule has 12 heteroatoms. The molecule has 2 amide bonds. The molecule has 9 nitrogen and oxygen atoms in total. The topological polar surface area (TPSA) is 102 Å². The first-order valence-corrected chi connectivity index (χ1v) is 18.2. The maximum atomic E-state index is 14.0. The Balaban J connectivity index is 1.30. The van der Waals surface area contributed by atoms with Crippen molar-refractivity contribution in [1.29, 1.82) is 0 Å². The fraction of sp³-hybridized carbons (Fsp3) is 0.412. The number of sulfonamides is 1. The van der Waals surface area contributed by atoms with E-state index >= 15 is 0 Å². The standard InChI is InChI=1S/C34H41Cl2N5O4S/c1-3-41(46(2,44)45)23-32(28-10-6-7-11-29(28)36)39-16-18-40(19-17-39)34(43)31(20-24-12-14-26(35)15-13-24)38-33(42)21-30-27-9-5-4-8-25(27)22-37-30/h4-15,30-32,37H,3,16-23H2,1-2H3,(H,38,42)/t30?,31-,32?/m1/s1. The van der Waals surface area contributed by atoms with E-state index in [1.54, 1.807) is 17.0 Å². The van der Waals surface area contributed by atoms with Crippen LogP contribution in [0.5, 0.6) is 0 Å². The summed E-state index contributed by atoms with van der Waals surface area (Å²) < 4.78 is 26.5. The summed E-state index contributed by atoms with van der Waals surface area (Å²) >= 11 is 12.7. The van der Waals surface area contributed by atoms with Gasteiger partial charge in [0, 0.05) is 74.7 Å². The van der Waals surface area contributed by atoms with Gasteiger partial charge < -0.3 is 15.5 Å². The molecule has 2 unspecified atom stereocenters. The van der Waals surface area contributed by atoms with Crippen LogP contribution in [0.3, 0.4) is 0 Å². The highest BCUT2D eigenvalue weighted by molar-refractivity contribution is 7.88. The number of nitrogens with zero attached hydrogens (tertiary/aromatic N) is 3. The summed E-state index contributed by atoms with van der Waals surface area (Å²) in [6.07, 6.45) is 1.77. The number of carbonyl (C=O) groups is 2. The number of amides is 2. The number of carbonyl (C=O) groups excluding carboxylic acids is 2. The van der Waals surface area contributed by atoms with Crippen LogP contribution >= 0.6 is 23.2 Å². The maximum Gasteiger partial charge on any atom is 0.245 e. The number of benzene rings is 3. The molecule has 246 valence electrons. The number of halogens is 2. The molecule has 5 rings (SSSR count). The van der Waals surface area contributed by atoms with Crippen LogP contribution in [0.25, 0.3) is 0 Å². The van der Waals surface area contributed by atoms with Gasteiger partial charge in [0.15, 0.2) is 0 Å². The predicted octanol–water partition coefficient (Wildman–Crippen LogP) is 4.42. The van der Waals surface area contributed by atoms with Crippen molar-refractivity contribution in [3.8, 4) is 0 Å². The van der Waals surface area contributed by atoms with Gasteiger partial charge in [-0.1, -0.05) is 84.7 Å². The van der Waals surface area contributed by atoms with E-state index in [0.717, 1.165) is 16.7 Å². The Hall–Kier alpha value is -2.99. The minimum atomic E-state index is -3.43. The zero-order valence-corrected chi connectivity index (χ0v) is 28.5. The van der Waals surface area contributed by atoms with E-state index in [2.05, 4.69) is 21.6 Å². The van der Waals surface area contributed by atoms with E-state index in [1.165, 1.54) is 16.1 Å². The second-order valence-electron chi connectivity index (χ2n) is 11.9. The summed E-state index contributed by atoms with van der Waals surface area (Å²) in [6, 6.07) is 21.7. The van der Waals surface area contributed by atoms with Crippen LogP contribution < -0.4 is 10.6 Å². The van der Waals surface area contributed by atoms with Crippen molar-refractivity contribution in [3.05, 3.63) is 105 Å².